The van der Waals surface area contributed by atoms with Crippen molar-refractivity contribution >= 4 is 34.0 Å². The zero-order valence-electron chi connectivity index (χ0n) is 14.8. The van der Waals surface area contributed by atoms with Gasteiger partial charge in [0.1, 0.15) is 0 Å². The standard InChI is InChI=1S/C17H25N3O3S.ClH/c1-11-4-5-12(8-16(11)19-24(3,22)23)17(21)20(2)15-9-13-6-7-14(10-15)18-13;/h4-5,8,13-15,18-19H,6-7,9-10H2,1-3H3;1H. The second-order valence-corrected chi connectivity index (χ2v) is 8.83. The van der Waals surface area contributed by atoms with E-state index in [-0.39, 0.29) is 24.4 Å². The van der Waals surface area contributed by atoms with Gasteiger partial charge in [-0.2, -0.15) is 0 Å². The quantitative estimate of drug-likeness (QED) is 0.829. The van der Waals surface area contributed by atoms with Crippen molar-refractivity contribution in [1.29, 1.82) is 0 Å². The van der Waals surface area contributed by atoms with Crippen LogP contribution in [-0.2, 0) is 10.0 Å². The summed E-state index contributed by atoms with van der Waals surface area (Å²) in [6.07, 6.45) is 5.46. The summed E-state index contributed by atoms with van der Waals surface area (Å²) in [5, 5.41) is 3.58. The molecule has 0 saturated carbocycles. The van der Waals surface area contributed by atoms with Crippen molar-refractivity contribution in [3.8, 4) is 0 Å². The third-order valence-electron chi connectivity index (χ3n) is 5.10. The lowest BCUT2D eigenvalue weighted by molar-refractivity contribution is 0.0681. The molecule has 1 aromatic rings. The lowest BCUT2D eigenvalue weighted by Gasteiger charge is -2.35. The topological polar surface area (TPSA) is 78.5 Å². The lowest BCUT2D eigenvalue weighted by Crippen LogP contribution is -2.48. The number of nitrogens with one attached hydrogen (secondary N) is 2. The zero-order chi connectivity index (χ0) is 17.5. The number of hydrogen-bond acceptors (Lipinski definition) is 4. The van der Waals surface area contributed by atoms with Gasteiger partial charge < -0.3 is 10.2 Å². The summed E-state index contributed by atoms with van der Waals surface area (Å²) in [6.45, 7) is 1.82. The SMILES string of the molecule is Cc1ccc(C(=O)N(C)C2CC3CCC(C2)N3)cc1NS(C)(=O)=O.Cl. The van der Waals surface area contributed by atoms with Crippen LogP contribution < -0.4 is 10.0 Å². The fourth-order valence-electron chi connectivity index (χ4n) is 3.78. The summed E-state index contributed by atoms with van der Waals surface area (Å²) in [6, 6.07) is 6.45. The molecule has 0 radical (unpaired) electrons. The highest BCUT2D eigenvalue weighted by Crippen LogP contribution is 2.30. The molecule has 6 nitrogen and oxygen atoms in total. The Morgan fingerprint density at radius 2 is 1.84 bits per heavy atom. The number of carbonyl (C=O) groups is 1. The Hall–Kier alpha value is -1.31. The van der Waals surface area contributed by atoms with Gasteiger partial charge in [0.25, 0.3) is 5.91 Å². The number of benzene rings is 1. The van der Waals surface area contributed by atoms with Crippen LogP contribution in [0.2, 0.25) is 0 Å². The molecule has 2 fully saturated rings. The minimum atomic E-state index is -3.37. The normalized spacial score (nSPS) is 25.2. The van der Waals surface area contributed by atoms with E-state index in [4.69, 9.17) is 0 Å². The Labute approximate surface area is 155 Å². The molecule has 8 heteroatoms. The maximum atomic E-state index is 12.8. The van der Waals surface area contributed by atoms with Gasteiger partial charge in [-0.3, -0.25) is 9.52 Å². The molecule has 25 heavy (non-hydrogen) atoms. The first-order chi connectivity index (χ1) is 11.2. The molecular formula is C17H26ClN3O3S. The van der Waals surface area contributed by atoms with Gasteiger partial charge in [-0.05, 0) is 50.3 Å². The highest BCUT2D eigenvalue weighted by atomic mass is 35.5. The fraction of sp³-hybridized carbons (Fsp3) is 0.588. The summed E-state index contributed by atoms with van der Waals surface area (Å²) in [4.78, 5) is 14.7. The average Bonchev–Trinajstić information content (AvgIpc) is 2.85. The molecule has 1 aromatic carbocycles. The predicted octanol–water partition coefficient (Wildman–Crippen LogP) is 2.14. The van der Waals surface area contributed by atoms with Gasteiger partial charge in [-0.1, -0.05) is 6.07 Å². The molecule has 3 rings (SSSR count). The van der Waals surface area contributed by atoms with Crippen molar-refractivity contribution in [2.24, 2.45) is 0 Å². The number of nitrogens with zero attached hydrogens (tertiary/aromatic N) is 1. The smallest absolute Gasteiger partial charge is 0.253 e. The van der Waals surface area contributed by atoms with E-state index < -0.39 is 10.0 Å². The molecule has 1 amide bonds. The fourth-order valence-corrected chi connectivity index (χ4v) is 4.40. The Kier molecular flexibility index (Phi) is 6.01. The number of amides is 1. The zero-order valence-corrected chi connectivity index (χ0v) is 16.4. The minimum absolute atomic E-state index is 0. The molecule has 2 bridgehead atoms. The predicted molar refractivity (Wildman–Crippen MR) is 102 cm³/mol. The highest BCUT2D eigenvalue weighted by molar-refractivity contribution is 7.92. The van der Waals surface area contributed by atoms with Gasteiger partial charge in [0.15, 0.2) is 0 Å². The summed E-state index contributed by atoms with van der Waals surface area (Å²) < 4.78 is 25.4. The van der Waals surface area contributed by atoms with Gasteiger partial charge in [0, 0.05) is 30.7 Å². The summed E-state index contributed by atoms with van der Waals surface area (Å²) in [5.74, 6) is -0.0575. The number of carbonyl (C=O) groups excluding carboxylic acids is 1. The summed E-state index contributed by atoms with van der Waals surface area (Å²) in [5.41, 5.74) is 1.77. The van der Waals surface area contributed by atoms with E-state index in [1.807, 2.05) is 18.9 Å². The number of fused-ring (bicyclic) bond motifs is 2. The van der Waals surface area contributed by atoms with Crippen molar-refractivity contribution in [3.05, 3.63) is 29.3 Å². The minimum Gasteiger partial charge on any atom is -0.339 e. The first-order valence-corrected chi connectivity index (χ1v) is 10.2. The van der Waals surface area contributed by atoms with E-state index in [1.54, 1.807) is 18.2 Å². The van der Waals surface area contributed by atoms with Crippen LogP contribution in [0, 0.1) is 6.92 Å². The van der Waals surface area contributed by atoms with Crippen molar-refractivity contribution < 1.29 is 13.2 Å². The summed E-state index contributed by atoms with van der Waals surface area (Å²) >= 11 is 0. The van der Waals surface area contributed by atoms with E-state index >= 15 is 0 Å². The maximum absolute atomic E-state index is 12.8. The molecule has 2 unspecified atom stereocenters. The Bertz CT molecular complexity index is 742. The molecule has 2 heterocycles. The Balaban J connectivity index is 0.00000225. The number of piperidine rings is 1. The van der Waals surface area contributed by atoms with Crippen LogP contribution >= 0.6 is 12.4 Å². The summed E-state index contributed by atoms with van der Waals surface area (Å²) in [7, 11) is -1.52. The second-order valence-electron chi connectivity index (χ2n) is 7.08. The monoisotopic (exact) mass is 387 g/mol. The van der Waals surface area contributed by atoms with Gasteiger partial charge in [0.05, 0.1) is 11.9 Å². The van der Waals surface area contributed by atoms with Crippen molar-refractivity contribution in [2.75, 3.05) is 18.0 Å². The number of sulfonamides is 1. The molecule has 0 aliphatic carbocycles. The first kappa shape index (κ1) is 20.0. The number of halogens is 1. The number of aryl methyl sites for hydroxylation is 1. The van der Waals surface area contributed by atoms with Crippen LogP contribution in [0.25, 0.3) is 0 Å². The highest BCUT2D eigenvalue weighted by Gasteiger charge is 2.36. The van der Waals surface area contributed by atoms with Crippen molar-refractivity contribution in [3.63, 3.8) is 0 Å². The maximum Gasteiger partial charge on any atom is 0.253 e. The molecule has 140 valence electrons. The molecule has 2 saturated heterocycles. The molecule has 2 aliphatic heterocycles. The third-order valence-corrected chi connectivity index (χ3v) is 5.69. The molecule has 0 aromatic heterocycles. The van der Waals surface area contributed by atoms with E-state index in [2.05, 4.69) is 10.0 Å². The van der Waals surface area contributed by atoms with Crippen LogP contribution in [0.5, 0.6) is 0 Å². The number of rotatable bonds is 4. The van der Waals surface area contributed by atoms with Gasteiger partial charge in [-0.25, -0.2) is 8.42 Å². The van der Waals surface area contributed by atoms with Gasteiger partial charge in [0.2, 0.25) is 10.0 Å². The molecule has 2 aliphatic rings. The third kappa shape index (κ3) is 4.65. The number of anilines is 1. The van der Waals surface area contributed by atoms with Crippen molar-refractivity contribution in [2.45, 2.75) is 50.7 Å². The van der Waals surface area contributed by atoms with Crippen LogP contribution in [-0.4, -0.2) is 50.7 Å². The van der Waals surface area contributed by atoms with E-state index in [1.165, 1.54) is 12.8 Å². The van der Waals surface area contributed by atoms with Crippen LogP contribution in [0.1, 0.15) is 41.6 Å². The second kappa shape index (κ2) is 7.51. The van der Waals surface area contributed by atoms with Crippen LogP contribution in [0.4, 0.5) is 5.69 Å². The van der Waals surface area contributed by atoms with Crippen LogP contribution in [0.3, 0.4) is 0 Å². The van der Waals surface area contributed by atoms with Crippen molar-refractivity contribution in [1.82, 2.24) is 10.2 Å². The molecule has 2 N–H and O–H groups in total. The largest absolute Gasteiger partial charge is 0.339 e. The molecular weight excluding hydrogens is 362 g/mol. The molecule has 2 atom stereocenters. The average molecular weight is 388 g/mol. The molecule has 0 spiro atoms. The lowest BCUT2D eigenvalue weighted by atomic mass is 9.97. The van der Waals surface area contributed by atoms with E-state index in [9.17, 15) is 13.2 Å². The van der Waals surface area contributed by atoms with Gasteiger partial charge in [-0.15, -0.1) is 12.4 Å². The Morgan fingerprint density at radius 1 is 1.24 bits per heavy atom. The first-order valence-electron chi connectivity index (χ1n) is 8.34. The Morgan fingerprint density at radius 3 is 2.40 bits per heavy atom. The number of hydrogen-bond donors (Lipinski definition) is 2. The van der Waals surface area contributed by atoms with E-state index in [0.717, 1.165) is 24.7 Å². The van der Waals surface area contributed by atoms with E-state index in [0.29, 0.717) is 23.3 Å². The van der Waals surface area contributed by atoms with Gasteiger partial charge >= 0.3 is 0 Å². The van der Waals surface area contributed by atoms with Crippen LogP contribution in [0.15, 0.2) is 18.2 Å².